The van der Waals surface area contributed by atoms with Crippen LogP contribution in [0.2, 0.25) is 0 Å². The van der Waals surface area contributed by atoms with E-state index >= 15 is 0 Å². The van der Waals surface area contributed by atoms with Gasteiger partial charge in [-0.3, -0.25) is 0 Å². The third-order valence-corrected chi connectivity index (χ3v) is 9.46. The van der Waals surface area contributed by atoms with Crippen LogP contribution in [0.5, 0.6) is 5.75 Å². The molecule has 4 rings (SSSR count). The summed E-state index contributed by atoms with van der Waals surface area (Å²) in [5.41, 5.74) is 2.96. The molecule has 0 bridgehead atoms. The Morgan fingerprint density at radius 3 is 2.25 bits per heavy atom. The molecule has 0 saturated carbocycles. The Kier molecular flexibility index (Phi) is 9.40. The smallest absolute Gasteiger partial charge is 0.243 e. The zero-order chi connectivity index (χ0) is 25.4. The molecule has 6 nitrogen and oxygen atoms in total. The van der Waals surface area contributed by atoms with E-state index in [9.17, 15) is 8.42 Å². The predicted octanol–water partition coefficient (Wildman–Crippen LogP) is 6.60. The molecule has 1 aliphatic heterocycles. The minimum Gasteiger partial charge on any atom is -0.497 e. The lowest BCUT2D eigenvalue weighted by Crippen LogP contribution is -2.31. The molecular weight excluding hydrogens is 490 g/mol. The number of rotatable bonds is 10. The highest BCUT2D eigenvalue weighted by Crippen LogP contribution is 2.26. The average molecular weight is 528 g/mol. The van der Waals surface area contributed by atoms with Gasteiger partial charge in [0.1, 0.15) is 5.75 Å². The first kappa shape index (κ1) is 26.6. The first-order valence-corrected chi connectivity index (χ1v) is 15.3. The van der Waals surface area contributed by atoms with E-state index in [0.29, 0.717) is 18.0 Å². The van der Waals surface area contributed by atoms with Gasteiger partial charge in [0.05, 0.1) is 23.4 Å². The van der Waals surface area contributed by atoms with Crippen LogP contribution in [0.25, 0.3) is 11.3 Å². The molecule has 8 heteroatoms. The van der Waals surface area contributed by atoms with Gasteiger partial charge < -0.3 is 9.30 Å². The predicted molar refractivity (Wildman–Crippen MR) is 147 cm³/mol. The van der Waals surface area contributed by atoms with Gasteiger partial charge in [-0.25, -0.2) is 13.4 Å². The number of hydrogen-bond acceptors (Lipinski definition) is 5. The van der Waals surface area contributed by atoms with Gasteiger partial charge in [0, 0.05) is 25.0 Å². The van der Waals surface area contributed by atoms with Gasteiger partial charge >= 0.3 is 0 Å². The van der Waals surface area contributed by atoms with Crippen LogP contribution in [0.1, 0.15) is 58.3 Å². The van der Waals surface area contributed by atoms with Crippen molar-refractivity contribution in [2.75, 3.05) is 20.2 Å². The Hall–Kier alpha value is -2.42. The van der Waals surface area contributed by atoms with Crippen LogP contribution < -0.4 is 9.54 Å². The minimum atomic E-state index is -3.46. The van der Waals surface area contributed by atoms with Gasteiger partial charge in [-0.15, -0.1) is 11.3 Å². The lowest BCUT2D eigenvalue weighted by molar-refractivity contribution is 0.415. The third kappa shape index (κ3) is 6.47. The Bertz CT molecular complexity index is 1270. The summed E-state index contributed by atoms with van der Waals surface area (Å²) < 4.78 is 35.6. The van der Waals surface area contributed by atoms with E-state index in [4.69, 9.17) is 9.73 Å². The summed E-state index contributed by atoms with van der Waals surface area (Å²) in [7, 11) is -1.80. The molecule has 2 aromatic carbocycles. The highest BCUT2D eigenvalue weighted by Gasteiger charge is 2.25. The summed E-state index contributed by atoms with van der Waals surface area (Å²) in [4.78, 5) is 6.23. The van der Waals surface area contributed by atoms with Crippen molar-refractivity contribution in [2.45, 2.75) is 69.7 Å². The van der Waals surface area contributed by atoms with Crippen LogP contribution in [0.4, 0.5) is 5.69 Å². The van der Waals surface area contributed by atoms with Crippen LogP contribution >= 0.6 is 11.3 Å². The Morgan fingerprint density at radius 2 is 1.61 bits per heavy atom. The van der Waals surface area contributed by atoms with E-state index in [1.807, 2.05) is 36.4 Å². The van der Waals surface area contributed by atoms with Crippen LogP contribution in [0, 0.1) is 0 Å². The number of benzene rings is 2. The third-order valence-electron chi connectivity index (χ3n) is 6.68. The molecule has 1 saturated heterocycles. The molecule has 0 radical (unpaired) electrons. The van der Waals surface area contributed by atoms with Crippen molar-refractivity contribution in [2.24, 2.45) is 4.99 Å². The highest BCUT2D eigenvalue weighted by molar-refractivity contribution is 7.89. The summed E-state index contributed by atoms with van der Waals surface area (Å²) in [5.74, 6) is 0.809. The quantitative estimate of drug-likeness (QED) is 0.279. The van der Waals surface area contributed by atoms with E-state index in [-0.39, 0.29) is 0 Å². The number of hydrogen-bond donors (Lipinski definition) is 0. The van der Waals surface area contributed by atoms with Crippen molar-refractivity contribution in [1.29, 1.82) is 0 Å². The molecular formula is C28H37N3O3S2. The number of aromatic nitrogens is 1. The van der Waals surface area contributed by atoms with Crippen LogP contribution in [-0.2, 0) is 16.6 Å². The van der Waals surface area contributed by atoms with Gasteiger partial charge in [-0.05, 0) is 61.2 Å². The maximum atomic E-state index is 13.2. The fraction of sp³-hybridized carbons (Fsp3) is 0.464. The zero-order valence-electron chi connectivity index (χ0n) is 21.4. The number of methoxy groups -OCH3 is 1. The summed E-state index contributed by atoms with van der Waals surface area (Å²) in [6.07, 6.45) is 8.74. The Labute approximate surface area is 219 Å². The van der Waals surface area contributed by atoms with E-state index in [0.717, 1.165) is 66.1 Å². The molecule has 1 fully saturated rings. The standard InChI is InChI=1S/C28H37N3O3S2/c1-3-4-5-10-21-31-27(22-35-28(31)29-24-13-15-25(34-2)16-14-24)23-11-17-26(18-12-23)36(32,33)30-19-8-6-7-9-20-30/h11-18,22H,3-10,19-21H2,1-2H3. The molecule has 0 atom stereocenters. The van der Waals surface area contributed by atoms with E-state index in [1.54, 1.807) is 34.9 Å². The van der Waals surface area contributed by atoms with Crippen molar-refractivity contribution < 1.29 is 13.2 Å². The minimum absolute atomic E-state index is 0.376. The molecule has 0 aliphatic carbocycles. The first-order valence-electron chi connectivity index (χ1n) is 13.0. The second kappa shape index (κ2) is 12.7. The molecule has 0 unspecified atom stereocenters. The Balaban J connectivity index is 1.63. The summed E-state index contributed by atoms with van der Waals surface area (Å²) >= 11 is 1.61. The van der Waals surface area contributed by atoms with Gasteiger partial charge in [0.2, 0.25) is 10.0 Å². The lowest BCUT2D eigenvalue weighted by atomic mass is 10.1. The van der Waals surface area contributed by atoms with Crippen LogP contribution in [0.15, 0.2) is 63.8 Å². The summed E-state index contributed by atoms with van der Waals surface area (Å²) in [5, 5.41) is 2.13. The fourth-order valence-corrected chi connectivity index (χ4v) is 7.03. The zero-order valence-corrected chi connectivity index (χ0v) is 23.0. The van der Waals surface area contributed by atoms with Crippen molar-refractivity contribution in [3.8, 4) is 17.0 Å². The second-order valence-electron chi connectivity index (χ2n) is 9.27. The van der Waals surface area contributed by atoms with E-state index < -0.39 is 10.0 Å². The number of unbranched alkanes of at least 4 members (excludes halogenated alkanes) is 3. The van der Waals surface area contributed by atoms with E-state index in [1.165, 1.54) is 19.3 Å². The summed E-state index contributed by atoms with van der Waals surface area (Å²) in [6.45, 7) is 4.32. The second-order valence-corrected chi connectivity index (χ2v) is 12.0. The maximum Gasteiger partial charge on any atom is 0.243 e. The number of thiazole rings is 1. The number of sulfonamides is 1. The van der Waals surface area contributed by atoms with Crippen molar-refractivity contribution in [3.05, 3.63) is 58.7 Å². The molecule has 2 heterocycles. The molecule has 0 spiro atoms. The van der Waals surface area contributed by atoms with Gasteiger partial charge in [0.15, 0.2) is 4.80 Å². The molecule has 0 N–H and O–H groups in total. The van der Waals surface area contributed by atoms with Crippen molar-refractivity contribution in [1.82, 2.24) is 8.87 Å². The first-order chi connectivity index (χ1) is 17.5. The van der Waals surface area contributed by atoms with E-state index in [2.05, 4.69) is 16.9 Å². The highest BCUT2D eigenvalue weighted by atomic mass is 32.2. The maximum absolute atomic E-state index is 13.2. The lowest BCUT2D eigenvalue weighted by Gasteiger charge is -2.20. The largest absolute Gasteiger partial charge is 0.497 e. The molecule has 36 heavy (non-hydrogen) atoms. The molecule has 0 amide bonds. The average Bonchev–Trinajstić information content (AvgIpc) is 3.09. The number of nitrogens with zero attached hydrogens (tertiary/aromatic N) is 3. The van der Waals surface area contributed by atoms with Gasteiger partial charge in [-0.1, -0.05) is 51.2 Å². The SMILES string of the molecule is CCCCCCn1c(-c2ccc(S(=O)(=O)N3CCCCCC3)cc2)csc1=Nc1ccc(OC)cc1. The molecule has 194 valence electrons. The van der Waals surface area contributed by atoms with Gasteiger partial charge in [-0.2, -0.15) is 4.31 Å². The van der Waals surface area contributed by atoms with Crippen LogP contribution in [0.3, 0.4) is 0 Å². The topological polar surface area (TPSA) is 63.9 Å². The molecule has 1 aliphatic rings. The summed E-state index contributed by atoms with van der Waals surface area (Å²) in [6, 6.07) is 15.2. The van der Waals surface area contributed by atoms with Crippen molar-refractivity contribution >= 4 is 27.0 Å². The molecule has 3 aromatic rings. The van der Waals surface area contributed by atoms with Crippen LogP contribution in [-0.4, -0.2) is 37.5 Å². The monoisotopic (exact) mass is 527 g/mol. The molecule has 1 aromatic heterocycles. The number of ether oxygens (including phenoxy) is 1. The Morgan fingerprint density at radius 1 is 0.917 bits per heavy atom. The van der Waals surface area contributed by atoms with Crippen molar-refractivity contribution in [3.63, 3.8) is 0 Å². The van der Waals surface area contributed by atoms with Gasteiger partial charge in [0.25, 0.3) is 0 Å². The fourth-order valence-electron chi connectivity index (χ4n) is 4.56. The normalized spacial score (nSPS) is 15.7.